The van der Waals surface area contributed by atoms with Crippen molar-refractivity contribution >= 4 is 23.4 Å². The van der Waals surface area contributed by atoms with Crippen molar-refractivity contribution in [2.24, 2.45) is 0 Å². The van der Waals surface area contributed by atoms with Gasteiger partial charge in [0.1, 0.15) is 12.3 Å². The minimum absolute atomic E-state index is 0.0273. The number of carbonyl (C=O) groups excluding carboxylic acids is 1. The molecule has 1 heterocycles. The topological polar surface area (TPSA) is 84.0 Å². The number of amides is 1. The van der Waals surface area contributed by atoms with Gasteiger partial charge < -0.3 is 4.74 Å². The molecule has 4 rings (SSSR count). The maximum atomic E-state index is 13.1. The van der Waals surface area contributed by atoms with Crippen LogP contribution < -0.4 is 9.64 Å². The molecular weight excluding hydrogens is 446 g/mol. The number of nitrogens with zero attached hydrogens (tertiary/aromatic N) is 5. The monoisotopic (exact) mass is 469 g/mol. The molecule has 0 saturated heterocycles. The molecule has 170 valence electrons. The third-order valence-electron chi connectivity index (χ3n) is 5.20. The van der Waals surface area contributed by atoms with E-state index < -0.39 is 0 Å². The molecule has 34 heavy (non-hydrogen) atoms. The van der Waals surface area contributed by atoms with Crippen LogP contribution in [-0.2, 0) is 4.79 Å². The normalized spacial score (nSPS) is 10.5. The Hall–Kier alpha value is -4.09. The Morgan fingerprint density at radius 1 is 1.03 bits per heavy atom. The summed E-state index contributed by atoms with van der Waals surface area (Å²) in [6.07, 6.45) is 0. The lowest BCUT2D eigenvalue weighted by Crippen LogP contribution is -2.32. The van der Waals surface area contributed by atoms with Crippen molar-refractivity contribution in [1.82, 2.24) is 14.8 Å². The number of hydrogen-bond donors (Lipinski definition) is 0. The number of aryl methyl sites for hydroxylation is 1. The molecule has 4 aromatic rings. The van der Waals surface area contributed by atoms with Crippen molar-refractivity contribution in [3.05, 3.63) is 84.4 Å². The van der Waals surface area contributed by atoms with E-state index in [1.165, 1.54) is 16.7 Å². The lowest BCUT2D eigenvalue weighted by molar-refractivity contribution is -0.116. The number of nitriles is 1. The van der Waals surface area contributed by atoms with Crippen LogP contribution in [0.2, 0.25) is 0 Å². The number of anilines is 1. The number of hydrogen-bond acceptors (Lipinski definition) is 6. The second kappa shape index (κ2) is 10.7. The molecule has 0 bridgehead atoms. The molecular formula is C26H23N5O2S. The van der Waals surface area contributed by atoms with E-state index in [1.807, 2.05) is 90.4 Å². The van der Waals surface area contributed by atoms with Crippen molar-refractivity contribution < 1.29 is 9.53 Å². The number of methoxy groups -OCH3 is 1. The summed E-state index contributed by atoms with van der Waals surface area (Å²) in [6, 6.07) is 26.9. The maximum absolute atomic E-state index is 13.1. The van der Waals surface area contributed by atoms with E-state index in [0.717, 1.165) is 16.8 Å². The molecule has 0 N–H and O–H groups in total. The molecule has 1 aromatic heterocycles. The van der Waals surface area contributed by atoms with Crippen molar-refractivity contribution in [2.45, 2.75) is 12.1 Å². The number of thioether (sulfide) groups is 1. The Bertz CT molecular complexity index is 1310. The van der Waals surface area contributed by atoms with Gasteiger partial charge in [0.05, 0.1) is 24.5 Å². The van der Waals surface area contributed by atoms with Crippen LogP contribution in [0.4, 0.5) is 5.69 Å². The number of para-hydroxylation sites is 2. The van der Waals surface area contributed by atoms with Crippen LogP contribution in [-0.4, -0.2) is 40.1 Å². The SMILES string of the molecule is COc1ccccc1-c1nnc(SCC(=O)N(CC#N)c2ccccc2)n1-c1ccc(C)cc1. The van der Waals surface area contributed by atoms with E-state index in [-0.39, 0.29) is 18.2 Å². The summed E-state index contributed by atoms with van der Waals surface area (Å²) in [5.74, 6) is 1.22. The summed E-state index contributed by atoms with van der Waals surface area (Å²) < 4.78 is 7.47. The van der Waals surface area contributed by atoms with Crippen molar-refractivity contribution in [1.29, 1.82) is 5.26 Å². The Morgan fingerprint density at radius 2 is 1.74 bits per heavy atom. The summed E-state index contributed by atoms with van der Waals surface area (Å²) in [5, 5.41) is 18.7. The molecule has 0 atom stereocenters. The summed E-state index contributed by atoms with van der Waals surface area (Å²) in [6.45, 7) is 2.00. The fourth-order valence-corrected chi connectivity index (χ4v) is 4.33. The molecule has 1 amide bonds. The van der Waals surface area contributed by atoms with Gasteiger partial charge in [-0.05, 0) is 43.3 Å². The largest absolute Gasteiger partial charge is 0.496 e. The van der Waals surface area contributed by atoms with E-state index in [2.05, 4.69) is 16.3 Å². The lowest BCUT2D eigenvalue weighted by Gasteiger charge is -2.19. The molecule has 0 aliphatic rings. The van der Waals surface area contributed by atoms with Crippen molar-refractivity contribution in [3.63, 3.8) is 0 Å². The molecule has 7 nitrogen and oxygen atoms in total. The zero-order valence-electron chi connectivity index (χ0n) is 18.9. The Morgan fingerprint density at radius 3 is 2.44 bits per heavy atom. The second-order valence-electron chi connectivity index (χ2n) is 7.44. The van der Waals surface area contributed by atoms with Gasteiger partial charge >= 0.3 is 0 Å². The van der Waals surface area contributed by atoms with Gasteiger partial charge in [-0.1, -0.05) is 59.8 Å². The third kappa shape index (κ3) is 4.95. The molecule has 0 spiro atoms. The summed E-state index contributed by atoms with van der Waals surface area (Å²) in [5.41, 5.74) is 3.49. The predicted octanol–water partition coefficient (Wildman–Crippen LogP) is 4.90. The number of rotatable bonds is 8. The Balaban J connectivity index is 1.68. The molecule has 0 aliphatic carbocycles. The van der Waals surface area contributed by atoms with Crippen LogP contribution in [0.15, 0.2) is 84.0 Å². The molecule has 8 heteroatoms. The standard InChI is InChI=1S/C26H23N5O2S/c1-19-12-14-21(15-13-19)31-25(22-10-6-7-11-23(22)33-2)28-29-26(31)34-18-24(32)30(17-16-27)20-8-4-3-5-9-20/h3-15H,17-18H2,1-2H3. The quantitative estimate of drug-likeness (QED) is 0.270. The van der Waals surface area contributed by atoms with Gasteiger partial charge in [-0.25, -0.2) is 0 Å². The van der Waals surface area contributed by atoms with Crippen molar-refractivity contribution in [2.75, 3.05) is 24.3 Å². The maximum Gasteiger partial charge on any atom is 0.238 e. The molecule has 0 unspecified atom stereocenters. The van der Waals surface area contributed by atoms with Gasteiger partial charge in [0.2, 0.25) is 5.91 Å². The molecule has 0 fully saturated rings. The number of ether oxygens (including phenoxy) is 1. The Kier molecular flexibility index (Phi) is 7.25. The van der Waals surface area contributed by atoms with Gasteiger partial charge in [0, 0.05) is 11.4 Å². The molecule has 0 radical (unpaired) electrons. The fourth-order valence-electron chi connectivity index (χ4n) is 3.50. The van der Waals surface area contributed by atoms with E-state index >= 15 is 0 Å². The first-order valence-electron chi connectivity index (χ1n) is 10.6. The predicted molar refractivity (Wildman–Crippen MR) is 133 cm³/mol. The average molecular weight is 470 g/mol. The highest BCUT2D eigenvalue weighted by molar-refractivity contribution is 7.99. The summed E-state index contributed by atoms with van der Waals surface area (Å²) >= 11 is 1.28. The van der Waals surface area contributed by atoms with Gasteiger partial charge in [0.15, 0.2) is 11.0 Å². The first-order chi connectivity index (χ1) is 16.6. The Labute approximate surface area is 202 Å². The minimum Gasteiger partial charge on any atom is -0.496 e. The third-order valence-corrected chi connectivity index (χ3v) is 6.11. The van der Waals surface area contributed by atoms with E-state index in [9.17, 15) is 10.1 Å². The fraction of sp³-hybridized carbons (Fsp3) is 0.154. The second-order valence-corrected chi connectivity index (χ2v) is 8.38. The van der Waals surface area contributed by atoms with E-state index in [4.69, 9.17) is 4.74 Å². The first kappa shape index (κ1) is 23.1. The zero-order chi connectivity index (χ0) is 23.9. The van der Waals surface area contributed by atoms with Gasteiger partial charge in [0.25, 0.3) is 0 Å². The smallest absolute Gasteiger partial charge is 0.238 e. The van der Waals surface area contributed by atoms with Gasteiger partial charge in [-0.3, -0.25) is 14.3 Å². The van der Waals surface area contributed by atoms with Crippen LogP contribution in [0.1, 0.15) is 5.56 Å². The van der Waals surface area contributed by atoms with Crippen LogP contribution >= 0.6 is 11.8 Å². The molecule has 0 aliphatic heterocycles. The summed E-state index contributed by atoms with van der Waals surface area (Å²) in [4.78, 5) is 14.5. The number of aromatic nitrogens is 3. The highest BCUT2D eigenvalue weighted by Crippen LogP contribution is 2.33. The highest BCUT2D eigenvalue weighted by Gasteiger charge is 2.21. The number of carbonyl (C=O) groups is 1. The van der Waals surface area contributed by atoms with Crippen LogP contribution in [0.25, 0.3) is 17.1 Å². The van der Waals surface area contributed by atoms with Gasteiger partial charge in [-0.15, -0.1) is 10.2 Å². The number of benzene rings is 3. The minimum atomic E-state index is -0.185. The van der Waals surface area contributed by atoms with Crippen LogP contribution in [0.3, 0.4) is 0 Å². The highest BCUT2D eigenvalue weighted by atomic mass is 32.2. The molecule has 3 aromatic carbocycles. The van der Waals surface area contributed by atoms with Crippen molar-refractivity contribution in [3.8, 4) is 28.9 Å². The van der Waals surface area contributed by atoms with Crippen LogP contribution in [0, 0.1) is 18.3 Å². The molecule has 0 saturated carbocycles. The van der Waals surface area contributed by atoms with E-state index in [1.54, 1.807) is 7.11 Å². The first-order valence-corrected chi connectivity index (χ1v) is 11.6. The summed E-state index contributed by atoms with van der Waals surface area (Å²) in [7, 11) is 1.62. The lowest BCUT2D eigenvalue weighted by atomic mass is 10.1. The van der Waals surface area contributed by atoms with Crippen LogP contribution in [0.5, 0.6) is 5.75 Å². The van der Waals surface area contributed by atoms with E-state index in [0.29, 0.717) is 22.4 Å². The average Bonchev–Trinajstić information content (AvgIpc) is 3.30. The zero-order valence-corrected chi connectivity index (χ0v) is 19.7. The van der Waals surface area contributed by atoms with Gasteiger partial charge in [-0.2, -0.15) is 5.26 Å².